The third-order valence-corrected chi connectivity index (χ3v) is 4.00. The van der Waals surface area contributed by atoms with E-state index in [0.717, 1.165) is 11.1 Å². The highest BCUT2D eigenvalue weighted by Gasteiger charge is 2.16. The molecule has 27 heavy (non-hydrogen) atoms. The first-order valence-electron chi connectivity index (χ1n) is 8.17. The molecule has 0 saturated carbocycles. The van der Waals surface area contributed by atoms with Gasteiger partial charge in [0.1, 0.15) is 11.6 Å². The lowest BCUT2D eigenvalue weighted by Gasteiger charge is -2.17. The first kappa shape index (κ1) is 20.3. The van der Waals surface area contributed by atoms with E-state index in [-0.39, 0.29) is 10.7 Å². The Hall–Kier alpha value is -3.00. The number of hydrogen-bond acceptors (Lipinski definition) is 4. The van der Waals surface area contributed by atoms with Crippen LogP contribution < -0.4 is 20.9 Å². The zero-order chi connectivity index (χ0) is 20.0. The smallest absolute Gasteiger partial charge is 0.279 e. The maximum Gasteiger partial charge on any atom is 0.279 e. The van der Waals surface area contributed by atoms with Crippen LogP contribution in [0.3, 0.4) is 0 Å². The third-order valence-electron chi connectivity index (χ3n) is 3.79. The number of hydrogen-bond donors (Lipinski definition) is 3. The van der Waals surface area contributed by atoms with Crippen LogP contribution in [0.5, 0.6) is 5.75 Å². The van der Waals surface area contributed by atoms with Crippen LogP contribution in [-0.2, 0) is 4.79 Å². The molecule has 3 N–H and O–H groups in total. The van der Waals surface area contributed by atoms with E-state index in [2.05, 4.69) is 16.2 Å². The Morgan fingerprint density at radius 1 is 1.04 bits per heavy atom. The first-order chi connectivity index (χ1) is 12.8. The summed E-state index contributed by atoms with van der Waals surface area (Å²) in [6.07, 6.45) is -0.782. The van der Waals surface area contributed by atoms with Crippen LogP contribution in [0.25, 0.3) is 0 Å². The van der Waals surface area contributed by atoms with E-state index in [1.807, 2.05) is 26.0 Å². The molecule has 0 heterocycles. The minimum atomic E-state index is -0.782. The normalized spacial score (nSPS) is 11.3. The number of hydrazine groups is 1. The highest BCUT2D eigenvalue weighted by Crippen LogP contribution is 2.17. The number of carbonyl (C=O) groups excluding carboxylic acids is 2. The average Bonchev–Trinajstić information content (AvgIpc) is 2.63. The van der Waals surface area contributed by atoms with Gasteiger partial charge >= 0.3 is 0 Å². The van der Waals surface area contributed by atoms with Crippen molar-refractivity contribution in [3.05, 3.63) is 65.0 Å². The maximum atomic E-state index is 12.9. The number of thiocarbonyl (C=S) groups is 1. The van der Waals surface area contributed by atoms with Gasteiger partial charge in [-0.2, -0.15) is 0 Å². The Bertz CT molecular complexity index is 856. The minimum Gasteiger partial charge on any atom is -0.481 e. The van der Waals surface area contributed by atoms with Crippen LogP contribution in [0.15, 0.2) is 42.5 Å². The zero-order valence-corrected chi connectivity index (χ0v) is 15.9. The molecule has 142 valence electrons. The molecule has 2 aromatic carbocycles. The van der Waals surface area contributed by atoms with Crippen molar-refractivity contribution in [1.82, 2.24) is 16.2 Å². The predicted octanol–water partition coefficient (Wildman–Crippen LogP) is 2.55. The molecule has 0 unspecified atom stereocenters. The van der Waals surface area contributed by atoms with Crippen molar-refractivity contribution in [2.24, 2.45) is 0 Å². The minimum absolute atomic E-state index is 0.101. The van der Waals surface area contributed by atoms with E-state index in [4.69, 9.17) is 17.0 Å². The molecule has 2 rings (SSSR count). The number of halogens is 1. The Balaban J connectivity index is 1.81. The Kier molecular flexibility index (Phi) is 6.84. The second-order valence-electron chi connectivity index (χ2n) is 5.91. The number of ether oxygens (including phenoxy) is 1. The Labute approximate surface area is 162 Å². The van der Waals surface area contributed by atoms with Gasteiger partial charge in [-0.1, -0.05) is 6.07 Å². The van der Waals surface area contributed by atoms with E-state index in [0.29, 0.717) is 5.75 Å². The molecule has 0 fully saturated rings. The van der Waals surface area contributed by atoms with Crippen molar-refractivity contribution in [2.75, 3.05) is 0 Å². The third kappa shape index (κ3) is 6.03. The van der Waals surface area contributed by atoms with E-state index in [9.17, 15) is 14.0 Å². The fourth-order valence-corrected chi connectivity index (χ4v) is 2.22. The lowest BCUT2D eigenvalue weighted by Crippen LogP contribution is -2.51. The molecule has 0 saturated heterocycles. The van der Waals surface area contributed by atoms with Crippen molar-refractivity contribution < 1.29 is 18.7 Å². The van der Waals surface area contributed by atoms with Crippen molar-refractivity contribution in [1.29, 1.82) is 0 Å². The second-order valence-corrected chi connectivity index (χ2v) is 6.32. The van der Waals surface area contributed by atoms with Gasteiger partial charge in [-0.15, -0.1) is 0 Å². The number of carbonyl (C=O) groups is 2. The first-order valence-corrected chi connectivity index (χ1v) is 8.57. The quantitative estimate of drug-likeness (QED) is 0.553. The highest BCUT2D eigenvalue weighted by atomic mass is 32.1. The van der Waals surface area contributed by atoms with Crippen LogP contribution >= 0.6 is 12.2 Å². The molecule has 2 aromatic rings. The SMILES string of the molecule is Cc1ccc(O[C@H](C)C(=O)NNC(=S)NC(=O)c2ccc(F)cc2)cc1C. The van der Waals surface area contributed by atoms with Crippen LogP contribution in [-0.4, -0.2) is 23.0 Å². The summed E-state index contributed by atoms with van der Waals surface area (Å²) >= 11 is 4.95. The molecule has 0 spiro atoms. The molecule has 0 aromatic heterocycles. The van der Waals surface area contributed by atoms with Gasteiger partial charge in [0.05, 0.1) is 0 Å². The summed E-state index contributed by atoms with van der Waals surface area (Å²) in [5.74, 6) is -0.863. The molecule has 0 aliphatic rings. The van der Waals surface area contributed by atoms with Crippen molar-refractivity contribution >= 4 is 29.1 Å². The summed E-state index contributed by atoms with van der Waals surface area (Å²) in [5.41, 5.74) is 7.21. The van der Waals surface area contributed by atoms with E-state index in [1.165, 1.54) is 24.3 Å². The maximum absolute atomic E-state index is 12.9. The van der Waals surface area contributed by atoms with Gasteiger partial charge in [0, 0.05) is 5.56 Å². The Morgan fingerprint density at radius 2 is 1.70 bits per heavy atom. The highest BCUT2D eigenvalue weighted by molar-refractivity contribution is 7.80. The summed E-state index contributed by atoms with van der Waals surface area (Å²) in [6, 6.07) is 10.5. The average molecular weight is 389 g/mol. The molecule has 0 radical (unpaired) electrons. The van der Waals surface area contributed by atoms with E-state index >= 15 is 0 Å². The van der Waals surface area contributed by atoms with E-state index < -0.39 is 23.7 Å². The van der Waals surface area contributed by atoms with Gasteiger partial charge in [0.15, 0.2) is 11.2 Å². The van der Waals surface area contributed by atoms with Gasteiger partial charge in [0.2, 0.25) is 0 Å². The fourth-order valence-electron chi connectivity index (χ4n) is 2.07. The largest absolute Gasteiger partial charge is 0.481 e. The van der Waals surface area contributed by atoms with Crippen LogP contribution in [0.1, 0.15) is 28.4 Å². The van der Waals surface area contributed by atoms with Crippen LogP contribution in [0, 0.1) is 19.7 Å². The molecule has 8 heteroatoms. The monoisotopic (exact) mass is 389 g/mol. The predicted molar refractivity (Wildman–Crippen MR) is 104 cm³/mol. The lowest BCUT2D eigenvalue weighted by atomic mass is 10.1. The lowest BCUT2D eigenvalue weighted by molar-refractivity contribution is -0.127. The second kappa shape index (κ2) is 9.09. The molecular weight excluding hydrogens is 369 g/mol. The standard InChI is InChI=1S/C19H20FN3O3S/c1-11-4-9-16(10-12(11)2)26-13(3)17(24)22-23-19(27)21-18(25)14-5-7-15(20)8-6-14/h4-10,13H,1-3H3,(H,22,24)(H2,21,23,25,27)/t13-/m1/s1. The van der Waals surface area contributed by atoms with Gasteiger partial charge in [-0.3, -0.25) is 25.8 Å². The van der Waals surface area contributed by atoms with Crippen LogP contribution in [0.4, 0.5) is 4.39 Å². The summed E-state index contributed by atoms with van der Waals surface area (Å²) in [6.45, 7) is 5.53. The number of rotatable bonds is 4. The van der Waals surface area contributed by atoms with Crippen molar-refractivity contribution in [2.45, 2.75) is 26.9 Å². The number of amides is 2. The van der Waals surface area contributed by atoms with Gasteiger partial charge in [-0.05, 0) is 80.5 Å². The number of aryl methyl sites for hydroxylation is 2. The van der Waals surface area contributed by atoms with Crippen molar-refractivity contribution in [3.8, 4) is 5.75 Å². The molecule has 0 bridgehead atoms. The van der Waals surface area contributed by atoms with Crippen LogP contribution in [0.2, 0.25) is 0 Å². The molecule has 0 aliphatic heterocycles. The summed E-state index contributed by atoms with van der Waals surface area (Å²) in [5, 5.41) is 2.28. The zero-order valence-electron chi connectivity index (χ0n) is 15.1. The molecule has 2 amide bonds. The summed E-state index contributed by atoms with van der Waals surface area (Å²) in [7, 11) is 0. The van der Waals surface area contributed by atoms with Crippen molar-refractivity contribution in [3.63, 3.8) is 0 Å². The topological polar surface area (TPSA) is 79.5 Å². The Morgan fingerprint density at radius 3 is 2.33 bits per heavy atom. The summed E-state index contributed by atoms with van der Waals surface area (Å²) in [4.78, 5) is 24.0. The fraction of sp³-hybridized carbons (Fsp3) is 0.211. The molecule has 6 nitrogen and oxygen atoms in total. The van der Waals surface area contributed by atoms with Gasteiger partial charge in [0.25, 0.3) is 11.8 Å². The number of benzene rings is 2. The molecule has 0 aliphatic carbocycles. The van der Waals surface area contributed by atoms with E-state index in [1.54, 1.807) is 13.0 Å². The molecular formula is C19H20FN3O3S. The van der Waals surface area contributed by atoms with Gasteiger partial charge in [-0.25, -0.2) is 4.39 Å². The summed E-state index contributed by atoms with van der Waals surface area (Å²) < 4.78 is 18.5. The number of nitrogens with one attached hydrogen (secondary N) is 3. The van der Waals surface area contributed by atoms with Gasteiger partial charge < -0.3 is 4.74 Å². The molecule has 1 atom stereocenters.